The second-order valence-electron chi connectivity index (χ2n) is 8.28. The third-order valence-electron chi connectivity index (χ3n) is 4.75. The monoisotopic (exact) mass is 420 g/mol. The molecule has 1 amide bonds. The van der Waals surface area contributed by atoms with E-state index in [1.807, 2.05) is 31.2 Å². The molecule has 0 aliphatic carbocycles. The van der Waals surface area contributed by atoms with Gasteiger partial charge in [-0.1, -0.05) is 63.2 Å². The van der Waals surface area contributed by atoms with Gasteiger partial charge in [-0.05, 0) is 29.5 Å². The van der Waals surface area contributed by atoms with Gasteiger partial charge in [-0.2, -0.15) is 4.31 Å². The first kappa shape index (κ1) is 23.0. The van der Waals surface area contributed by atoms with Gasteiger partial charge in [0.25, 0.3) is 0 Å². The SMILES string of the molecule is CC(NC(=O)CN(Cc1ccccc1F)S(C)(=O)=O)c1ccc(C(C)(C)C)cc1. The summed E-state index contributed by atoms with van der Waals surface area (Å²) in [7, 11) is -3.69. The van der Waals surface area contributed by atoms with Gasteiger partial charge in [0.2, 0.25) is 15.9 Å². The average molecular weight is 421 g/mol. The van der Waals surface area contributed by atoms with Gasteiger partial charge in [0, 0.05) is 12.1 Å². The van der Waals surface area contributed by atoms with E-state index < -0.39 is 21.7 Å². The van der Waals surface area contributed by atoms with Crippen LogP contribution in [0.5, 0.6) is 0 Å². The fraction of sp³-hybridized carbons (Fsp3) is 0.409. The van der Waals surface area contributed by atoms with Crippen LogP contribution in [0.4, 0.5) is 4.39 Å². The Balaban J connectivity index is 2.07. The van der Waals surface area contributed by atoms with Gasteiger partial charge in [-0.25, -0.2) is 12.8 Å². The number of nitrogens with zero attached hydrogens (tertiary/aromatic N) is 1. The predicted octanol–water partition coefficient (Wildman–Crippen LogP) is 3.76. The molecule has 5 nitrogen and oxygen atoms in total. The molecule has 0 bridgehead atoms. The van der Waals surface area contributed by atoms with E-state index in [1.165, 1.54) is 23.8 Å². The molecule has 0 fully saturated rings. The highest BCUT2D eigenvalue weighted by Gasteiger charge is 2.23. The minimum Gasteiger partial charge on any atom is -0.348 e. The standard InChI is InChI=1S/C22H29FN2O3S/c1-16(17-10-12-19(13-11-17)22(2,3)4)24-21(26)15-25(29(5,27)28)14-18-8-6-7-9-20(18)23/h6-13,16H,14-15H2,1-5H3,(H,24,26). The van der Waals surface area contributed by atoms with Gasteiger partial charge in [-0.3, -0.25) is 4.79 Å². The maximum absolute atomic E-state index is 13.9. The first-order chi connectivity index (χ1) is 13.4. The molecular formula is C22H29FN2O3S. The van der Waals surface area contributed by atoms with E-state index in [1.54, 1.807) is 6.07 Å². The van der Waals surface area contributed by atoms with E-state index >= 15 is 0 Å². The lowest BCUT2D eigenvalue weighted by Gasteiger charge is -2.23. The highest BCUT2D eigenvalue weighted by Crippen LogP contribution is 2.24. The summed E-state index contributed by atoms with van der Waals surface area (Å²) in [6.07, 6.45) is 1.01. The van der Waals surface area contributed by atoms with Gasteiger partial charge < -0.3 is 5.32 Å². The molecule has 0 heterocycles. The first-order valence-corrected chi connectivity index (χ1v) is 11.3. The lowest BCUT2D eigenvalue weighted by atomic mass is 9.86. The smallest absolute Gasteiger partial charge is 0.235 e. The van der Waals surface area contributed by atoms with Crippen LogP contribution in [0.25, 0.3) is 0 Å². The largest absolute Gasteiger partial charge is 0.348 e. The third kappa shape index (κ3) is 6.65. The van der Waals surface area contributed by atoms with Crippen LogP contribution in [0, 0.1) is 5.82 Å². The number of hydrogen-bond acceptors (Lipinski definition) is 3. The third-order valence-corrected chi connectivity index (χ3v) is 5.94. The Bertz CT molecular complexity index is 951. The summed E-state index contributed by atoms with van der Waals surface area (Å²) >= 11 is 0. The molecule has 0 aliphatic heterocycles. The Morgan fingerprint density at radius 3 is 2.21 bits per heavy atom. The molecule has 0 saturated heterocycles. The van der Waals surface area contributed by atoms with Crippen LogP contribution >= 0.6 is 0 Å². The molecule has 7 heteroatoms. The van der Waals surface area contributed by atoms with E-state index in [2.05, 4.69) is 26.1 Å². The molecule has 1 unspecified atom stereocenters. The fourth-order valence-electron chi connectivity index (χ4n) is 2.91. The van der Waals surface area contributed by atoms with E-state index in [9.17, 15) is 17.6 Å². The minimum absolute atomic E-state index is 0.0354. The van der Waals surface area contributed by atoms with Crippen molar-refractivity contribution in [3.63, 3.8) is 0 Å². The van der Waals surface area contributed by atoms with Gasteiger partial charge in [0.1, 0.15) is 5.82 Å². The first-order valence-electron chi connectivity index (χ1n) is 9.46. The van der Waals surface area contributed by atoms with E-state index in [4.69, 9.17) is 0 Å². The Morgan fingerprint density at radius 2 is 1.69 bits per heavy atom. The zero-order valence-corrected chi connectivity index (χ0v) is 18.4. The molecule has 1 atom stereocenters. The van der Waals surface area contributed by atoms with Crippen LogP contribution in [-0.4, -0.2) is 31.4 Å². The number of carbonyl (C=O) groups excluding carboxylic acids is 1. The van der Waals surface area contributed by atoms with Gasteiger partial charge >= 0.3 is 0 Å². The lowest BCUT2D eigenvalue weighted by Crippen LogP contribution is -2.40. The van der Waals surface area contributed by atoms with E-state index in [0.717, 1.165) is 16.1 Å². The number of hydrogen-bond donors (Lipinski definition) is 1. The summed E-state index contributed by atoms with van der Waals surface area (Å²) < 4.78 is 39.1. The summed E-state index contributed by atoms with van der Waals surface area (Å²) in [6, 6.07) is 13.6. The van der Waals surface area contributed by atoms with Crippen molar-refractivity contribution >= 4 is 15.9 Å². The van der Waals surface area contributed by atoms with Crippen LogP contribution in [0.15, 0.2) is 48.5 Å². The fourth-order valence-corrected chi connectivity index (χ4v) is 3.63. The Labute approximate surface area is 173 Å². The maximum atomic E-state index is 13.9. The van der Waals surface area contributed by atoms with Crippen LogP contribution < -0.4 is 5.32 Å². The zero-order chi connectivity index (χ0) is 21.8. The van der Waals surface area contributed by atoms with Gasteiger partial charge in [0.15, 0.2) is 0 Å². The molecule has 1 N–H and O–H groups in total. The molecule has 2 aromatic rings. The summed E-state index contributed by atoms with van der Waals surface area (Å²) in [5.41, 5.74) is 2.36. The number of rotatable bonds is 7. The summed E-state index contributed by atoms with van der Waals surface area (Å²) in [4.78, 5) is 12.5. The number of carbonyl (C=O) groups is 1. The average Bonchev–Trinajstić information content (AvgIpc) is 2.61. The van der Waals surface area contributed by atoms with Crippen LogP contribution in [-0.2, 0) is 26.8 Å². The molecule has 29 heavy (non-hydrogen) atoms. The molecule has 0 saturated carbocycles. The van der Waals surface area contributed by atoms with Crippen LogP contribution in [0.2, 0.25) is 0 Å². The van der Waals surface area contributed by atoms with E-state index in [0.29, 0.717) is 0 Å². The molecule has 0 aromatic heterocycles. The number of sulfonamides is 1. The van der Waals surface area contributed by atoms with Crippen molar-refractivity contribution in [3.05, 3.63) is 71.0 Å². The van der Waals surface area contributed by atoms with Gasteiger partial charge in [-0.15, -0.1) is 0 Å². The van der Waals surface area contributed by atoms with Crippen LogP contribution in [0.1, 0.15) is 50.4 Å². The zero-order valence-electron chi connectivity index (χ0n) is 17.6. The van der Waals surface area contributed by atoms with E-state index in [-0.39, 0.29) is 30.1 Å². The predicted molar refractivity (Wildman–Crippen MR) is 113 cm³/mol. The quantitative estimate of drug-likeness (QED) is 0.742. The molecular weight excluding hydrogens is 391 g/mol. The molecule has 0 spiro atoms. The number of halogens is 1. The normalized spacial score (nSPS) is 13.3. The minimum atomic E-state index is -3.69. The highest BCUT2D eigenvalue weighted by atomic mass is 32.2. The molecule has 158 valence electrons. The maximum Gasteiger partial charge on any atom is 0.235 e. The topological polar surface area (TPSA) is 66.5 Å². The van der Waals surface area contributed by atoms with Crippen molar-refractivity contribution < 1.29 is 17.6 Å². The van der Waals surface area contributed by atoms with Crippen molar-refractivity contribution in [2.24, 2.45) is 0 Å². The van der Waals surface area contributed by atoms with Crippen molar-refractivity contribution in [1.29, 1.82) is 0 Å². The number of amides is 1. The number of benzene rings is 2. The summed E-state index contributed by atoms with van der Waals surface area (Å²) in [5.74, 6) is -0.951. The van der Waals surface area contributed by atoms with Crippen molar-refractivity contribution in [1.82, 2.24) is 9.62 Å². The molecule has 2 aromatic carbocycles. The summed E-state index contributed by atoms with van der Waals surface area (Å²) in [6.45, 7) is 7.64. The second kappa shape index (κ2) is 9.05. The Hall–Kier alpha value is -2.25. The Kier molecular flexibility index (Phi) is 7.19. The molecule has 0 aliphatic rings. The summed E-state index contributed by atoms with van der Waals surface area (Å²) in [5, 5.41) is 2.82. The lowest BCUT2D eigenvalue weighted by molar-refractivity contribution is -0.122. The number of nitrogens with one attached hydrogen (secondary N) is 1. The van der Waals surface area contributed by atoms with Crippen molar-refractivity contribution in [2.75, 3.05) is 12.8 Å². The molecule has 0 radical (unpaired) electrons. The highest BCUT2D eigenvalue weighted by molar-refractivity contribution is 7.88. The van der Waals surface area contributed by atoms with Crippen LogP contribution in [0.3, 0.4) is 0 Å². The van der Waals surface area contributed by atoms with Crippen molar-refractivity contribution in [2.45, 2.75) is 45.7 Å². The van der Waals surface area contributed by atoms with Gasteiger partial charge in [0.05, 0.1) is 18.8 Å². The Morgan fingerprint density at radius 1 is 1.10 bits per heavy atom. The second-order valence-corrected chi connectivity index (χ2v) is 10.3. The molecule has 2 rings (SSSR count). The van der Waals surface area contributed by atoms with Crippen molar-refractivity contribution in [3.8, 4) is 0 Å².